The summed E-state index contributed by atoms with van der Waals surface area (Å²) in [6.45, 7) is 0.0604. The molecule has 0 aliphatic carbocycles. The van der Waals surface area contributed by atoms with Gasteiger partial charge in [-0.05, 0) is 45.3 Å². The van der Waals surface area contributed by atoms with Crippen molar-refractivity contribution in [3.63, 3.8) is 0 Å². The third kappa shape index (κ3) is 3.31. The predicted octanol–water partition coefficient (Wildman–Crippen LogP) is 4.98. The van der Waals surface area contributed by atoms with Crippen LogP contribution in [-0.2, 0) is 16.2 Å². The van der Waals surface area contributed by atoms with E-state index in [2.05, 4.69) is 11.0 Å². The van der Waals surface area contributed by atoms with Crippen molar-refractivity contribution in [3.05, 3.63) is 95.6 Å². The number of hydrogen-bond acceptors (Lipinski definition) is 5. The van der Waals surface area contributed by atoms with Crippen molar-refractivity contribution in [2.75, 3.05) is 0 Å². The number of carbonyl (C=O) groups is 2. The number of ether oxygens (including phenoxy) is 1. The highest BCUT2D eigenvalue weighted by Gasteiger charge is 2.16. The molecule has 0 fully saturated rings. The Labute approximate surface area is 160 Å². The second-order valence-corrected chi connectivity index (χ2v) is 6.35. The lowest BCUT2D eigenvalue weighted by molar-refractivity contribution is -0.182. The molecular weight excluding hydrogens is 356 g/mol. The Kier molecular flexibility index (Phi) is 4.74. The number of benzene rings is 4. The molecule has 0 heterocycles. The molecule has 0 spiro atoms. The van der Waals surface area contributed by atoms with Gasteiger partial charge < -0.3 is 4.74 Å². The van der Waals surface area contributed by atoms with Crippen LogP contribution in [0.4, 0.5) is 0 Å². The minimum absolute atomic E-state index is 0.0604. The quantitative estimate of drug-likeness (QED) is 0.237. The average molecular weight is 372 g/mol. The van der Waals surface area contributed by atoms with Crippen LogP contribution in [0.15, 0.2) is 78.9 Å². The third-order valence-corrected chi connectivity index (χ3v) is 4.62. The molecule has 0 aliphatic heterocycles. The van der Waals surface area contributed by atoms with Gasteiger partial charge in [-0.15, -0.1) is 0 Å². The minimum atomic E-state index is -0.842. The zero-order chi connectivity index (χ0) is 19.5. The lowest BCUT2D eigenvalue weighted by atomic mass is 9.97. The first-order valence-corrected chi connectivity index (χ1v) is 8.69. The number of carbonyl (C=O) groups excluding carboxylic acids is 2. The Morgan fingerprint density at radius 1 is 0.750 bits per heavy atom. The predicted molar refractivity (Wildman–Crippen MR) is 105 cm³/mol. The Hall–Kier alpha value is -3.70. The molecule has 4 rings (SSSR count). The lowest BCUT2D eigenvalue weighted by Crippen LogP contribution is -2.07. The maximum atomic E-state index is 12.9. The third-order valence-electron chi connectivity index (χ3n) is 4.62. The van der Waals surface area contributed by atoms with Gasteiger partial charge in [0.2, 0.25) is 0 Å². The first-order valence-electron chi connectivity index (χ1n) is 8.69. The van der Waals surface area contributed by atoms with Crippen molar-refractivity contribution >= 4 is 33.5 Å². The standard InChI is InChI=1S/C23H16O5/c24-22(28-26)16-11-9-15(10-12-16)14-27-23(25)21-19-7-3-1-5-17(19)13-18-6-2-4-8-20(18)21/h1-13,26H,14H2. The molecule has 4 aromatic rings. The molecule has 4 aromatic carbocycles. The Morgan fingerprint density at radius 3 is 1.89 bits per heavy atom. The van der Waals surface area contributed by atoms with E-state index in [1.807, 2.05) is 48.5 Å². The van der Waals surface area contributed by atoms with Crippen LogP contribution >= 0.6 is 0 Å². The Bertz CT molecular complexity index is 1120. The van der Waals surface area contributed by atoms with E-state index < -0.39 is 11.9 Å². The molecule has 0 radical (unpaired) electrons. The molecule has 0 bridgehead atoms. The number of esters is 1. The highest BCUT2D eigenvalue weighted by molar-refractivity contribution is 6.16. The summed E-state index contributed by atoms with van der Waals surface area (Å²) in [7, 11) is 0. The average Bonchev–Trinajstić information content (AvgIpc) is 2.75. The van der Waals surface area contributed by atoms with Gasteiger partial charge in [0.25, 0.3) is 0 Å². The fraction of sp³-hybridized carbons (Fsp3) is 0.0435. The van der Waals surface area contributed by atoms with E-state index in [1.54, 1.807) is 12.1 Å². The van der Waals surface area contributed by atoms with Crippen LogP contribution < -0.4 is 0 Å². The first kappa shape index (κ1) is 17.7. The molecule has 1 N–H and O–H groups in total. The van der Waals surface area contributed by atoms with Gasteiger partial charge >= 0.3 is 11.9 Å². The van der Waals surface area contributed by atoms with Crippen molar-refractivity contribution in [2.45, 2.75) is 6.61 Å². The van der Waals surface area contributed by atoms with E-state index in [0.29, 0.717) is 11.1 Å². The summed E-state index contributed by atoms with van der Waals surface area (Å²) in [5.41, 5.74) is 1.46. The minimum Gasteiger partial charge on any atom is -0.457 e. The van der Waals surface area contributed by atoms with E-state index in [9.17, 15) is 9.59 Å². The lowest BCUT2D eigenvalue weighted by Gasteiger charge is -2.11. The first-order chi connectivity index (χ1) is 13.7. The second-order valence-electron chi connectivity index (χ2n) is 6.35. The van der Waals surface area contributed by atoms with Crippen molar-refractivity contribution in [1.29, 1.82) is 0 Å². The zero-order valence-electron chi connectivity index (χ0n) is 14.8. The maximum Gasteiger partial charge on any atom is 0.372 e. The molecule has 0 saturated carbocycles. The van der Waals surface area contributed by atoms with Crippen LogP contribution in [0.5, 0.6) is 0 Å². The van der Waals surface area contributed by atoms with E-state index in [4.69, 9.17) is 9.99 Å². The molecule has 0 aliphatic rings. The topological polar surface area (TPSA) is 72.8 Å². The molecule has 138 valence electrons. The van der Waals surface area contributed by atoms with Gasteiger partial charge in [0.1, 0.15) is 6.61 Å². The largest absolute Gasteiger partial charge is 0.457 e. The van der Waals surface area contributed by atoms with Crippen LogP contribution in [-0.4, -0.2) is 17.2 Å². The van der Waals surface area contributed by atoms with Gasteiger partial charge in [0.15, 0.2) is 0 Å². The summed E-state index contributed by atoms with van der Waals surface area (Å²) in [6.07, 6.45) is 0. The molecular formula is C23H16O5. The highest BCUT2D eigenvalue weighted by atomic mass is 17.1. The van der Waals surface area contributed by atoms with Crippen molar-refractivity contribution in [3.8, 4) is 0 Å². The number of rotatable bonds is 4. The van der Waals surface area contributed by atoms with Gasteiger partial charge in [0.05, 0.1) is 11.1 Å². The summed E-state index contributed by atoms with van der Waals surface area (Å²) in [5, 5.41) is 12.0. The van der Waals surface area contributed by atoms with Crippen LogP contribution in [0.25, 0.3) is 21.5 Å². The van der Waals surface area contributed by atoms with Crippen molar-refractivity contribution in [1.82, 2.24) is 0 Å². The summed E-state index contributed by atoms with van der Waals surface area (Å²) in [5.74, 6) is -1.25. The fourth-order valence-electron chi connectivity index (χ4n) is 3.24. The van der Waals surface area contributed by atoms with Crippen molar-refractivity contribution in [2.24, 2.45) is 0 Å². The highest BCUT2D eigenvalue weighted by Crippen LogP contribution is 2.29. The van der Waals surface area contributed by atoms with Crippen LogP contribution in [0, 0.1) is 0 Å². The smallest absolute Gasteiger partial charge is 0.372 e. The summed E-state index contributed by atoms with van der Waals surface area (Å²) < 4.78 is 5.55. The van der Waals surface area contributed by atoms with Gasteiger partial charge in [-0.2, -0.15) is 5.26 Å². The molecule has 0 aromatic heterocycles. The van der Waals surface area contributed by atoms with Gasteiger partial charge in [-0.1, -0.05) is 60.7 Å². The molecule has 0 atom stereocenters. The van der Waals surface area contributed by atoms with Gasteiger partial charge in [-0.25, -0.2) is 9.59 Å². The molecule has 5 nitrogen and oxygen atoms in total. The molecule has 0 amide bonds. The summed E-state index contributed by atoms with van der Waals surface area (Å²) in [4.78, 5) is 27.9. The number of hydrogen-bond donors (Lipinski definition) is 1. The zero-order valence-corrected chi connectivity index (χ0v) is 14.8. The Morgan fingerprint density at radius 2 is 1.32 bits per heavy atom. The molecule has 5 heteroatoms. The SMILES string of the molecule is O=C(OO)c1ccc(COC(=O)c2c3ccccc3cc3ccccc23)cc1. The fourth-order valence-corrected chi connectivity index (χ4v) is 3.24. The molecule has 28 heavy (non-hydrogen) atoms. The van der Waals surface area contributed by atoms with E-state index in [0.717, 1.165) is 21.5 Å². The van der Waals surface area contributed by atoms with E-state index in [1.165, 1.54) is 12.1 Å². The van der Waals surface area contributed by atoms with Gasteiger partial charge in [-0.3, -0.25) is 4.89 Å². The van der Waals surface area contributed by atoms with E-state index >= 15 is 0 Å². The summed E-state index contributed by atoms with van der Waals surface area (Å²) >= 11 is 0. The maximum absolute atomic E-state index is 12.9. The molecule has 0 unspecified atom stereocenters. The second kappa shape index (κ2) is 7.50. The van der Waals surface area contributed by atoms with Crippen LogP contribution in [0.2, 0.25) is 0 Å². The van der Waals surface area contributed by atoms with Crippen molar-refractivity contribution < 1.29 is 24.5 Å². The Balaban J connectivity index is 1.64. The number of fused-ring (bicyclic) bond motifs is 2. The van der Waals surface area contributed by atoms with E-state index in [-0.39, 0.29) is 12.2 Å². The summed E-state index contributed by atoms with van der Waals surface area (Å²) in [6, 6.07) is 23.7. The monoisotopic (exact) mass is 372 g/mol. The normalized spacial score (nSPS) is 10.8. The van der Waals surface area contributed by atoms with Crippen LogP contribution in [0.1, 0.15) is 26.3 Å². The molecule has 0 saturated heterocycles. The van der Waals surface area contributed by atoms with Gasteiger partial charge in [0, 0.05) is 0 Å². The van der Waals surface area contributed by atoms with Crippen LogP contribution in [0.3, 0.4) is 0 Å².